The van der Waals surface area contributed by atoms with Gasteiger partial charge in [0.25, 0.3) is 5.91 Å². The lowest BCUT2D eigenvalue weighted by molar-refractivity contribution is -0.140. The number of nitrogens with zero attached hydrogens (tertiary/aromatic N) is 2. The van der Waals surface area contributed by atoms with E-state index in [0.29, 0.717) is 36.5 Å². The topological polar surface area (TPSA) is 69.1 Å². The van der Waals surface area contributed by atoms with Gasteiger partial charge in [-0.15, -0.1) is 0 Å². The summed E-state index contributed by atoms with van der Waals surface area (Å²) in [5.41, 5.74) is 0.529. The van der Waals surface area contributed by atoms with Gasteiger partial charge < -0.3 is 10.2 Å². The first kappa shape index (κ1) is 26.2. The van der Waals surface area contributed by atoms with Crippen molar-refractivity contribution in [3.63, 3.8) is 0 Å². The summed E-state index contributed by atoms with van der Waals surface area (Å²) in [5, 5.41) is 11.1. The van der Waals surface area contributed by atoms with E-state index in [1.165, 1.54) is 30.3 Å². The molecule has 38 heavy (non-hydrogen) atoms. The zero-order valence-electron chi connectivity index (χ0n) is 20.3. The van der Waals surface area contributed by atoms with Crippen LogP contribution in [0.1, 0.15) is 58.9 Å². The zero-order valence-corrected chi connectivity index (χ0v) is 21.0. The summed E-state index contributed by atoms with van der Waals surface area (Å²) in [4.78, 5) is 18.9. The lowest BCUT2D eigenvalue weighted by Crippen LogP contribution is -2.30. The molecule has 1 saturated carbocycles. The van der Waals surface area contributed by atoms with Gasteiger partial charge >= 0.3 is 6.18 Å². The third kappa shape index (κ3) is 5.67. The third-order valence-electron chi connectivity index (χ3n) is 6.92. The molecule has 2 aliphatic rings. The number of hydrogen-bond donors (Lipinski definition) is 2. The second kappa shape index (κ2) is 10.4. The summed E-state index contributed by atoms with van der Waals surface area (Å²) in [6.07, 6.45) is -0.360. The van der Waals surface area contributed by atoms with Crippen LogP contribution in [-0.2, 0) is 12.7 Å². The number of carbonyl (C=O) groups excluding carboxylic acids is 1. The number of carbonyl (C=O) groups is 1. The number of benzene rings is 2. The van der Waals surface area contributed by atoms with Gasteiger partial charge in [0.1, 0.15) is 5.82 Å². The Kier molecular flexibility index (Phi) is 7.13. The standard InChI is InChI=1S/C28H25ClF4N4O/c29-22-14-18(7-8-23(22)30)25(17-5-6-17)36-27(38)20-12-16(15-37-10-2-4-24(37)34)11-19(13-20)21-3-1-9-35-26(21)28(31,32)33/h1,3,7-9,11-14,17,25,34H,2,4-6,10,15H2,(H,36,38). The molecule has 1 aliphatic heterocycles. The van der Waals surface area contributed by atoms with Crippen LogP contribution in [-0.4, -0.2) is 28.2 Å². The SMILES string of the molecule is N=C1CCCN1Cc1cc(C(=O)NC(c2ccc(F)c(Cl)c2)C2CC2)cc(-c2cccnc2C(F)(F)F)c1. The monoisotopic (exact) mass is 544 g/mol. The van der Waals surface area contributed by atoms with Crippen molar-refractivity contribution in [1.29, 1.82) is 5.41 Å². The number of nitrogens with one attached hydrogen (secondary N) is 2. The van der Waals surface area contributed by atoms with Crippen molar-refractivity contribution in [2.45, 2.75) is 44.4 Å². The van der Waals surface area contributed by atoms with Gasteiger partial charge in [-0.05, 0) is 78.3 Å². The Morgan fingerprint density at radius 1 is 1.18 bits per heavy atom. The predicted octanol–water partition coefficient (Wildman–Crippen LogP) is 7.01. The molecule has 2 N–H and O–H groups in total. The lowest BCUT2D eigenvalue weighted by Gasteiger charge is -2.22. The van der Waals surface area contributed by atoms with Crippen molar-refractivity contribution >= 4 is 23.3 Å². The first-order valence-corrected chi connectivity index (χ1v) is 12.7. The molecule has 0 radical (unpaired) electrons. The van der Waals surface area contributed by atoms with Gasteiger partial charge in [0.2, 0.25) is 0 Å². The van der Waals surface area contributed by atoms with Gasteiger partial charge in [-0.25, -0.2) is 4.39 Å². The van der Waals surface area contributed by atoms with Gasteiger partial charge in [-0.2, -0.15) is 13.2 Å². The van der Waals surface area contributed by atoms with Gasteiger partial charge in [-0.1, -0.05) is 23.7 Å². The molecule has 2 heterocycles. The Morgan fingerprint density at radius 2 is 1.97 bits per heavy atom. The van der Waals surface area contributed by atoms with Crippen LogP contribution in [0.5, 0.6) is 0 Å². The van der Waals surface area contributed by atoms with Crippen LogP contribution in [0.3, 0.4) is 0 Å². The van der Waals surface area contributed by atoms with E-state index in [4.69, 9.17) is 17.0 Å². The molecule has 198 valence electrons. The Hall–Kier alpha value is -3.46. The number of amides is 1. The van der Waals surface area contributed by atoms with Crippen molar-refractivity contribution in [3.05, 3.63) is 88.0 Å². The highest BCUT2D eigenvalue weighted by molar-refractivity contribution is 6.30. The molecule has 5 rings (SSSR count). The number of rotatable bonds is 7. The van der Waals surface area contributed by atoms with Crippen LogP contribution in [0.2, 0.25) is 5.02 Å². The predicted molar refractivity (Wildman–Crippen MR) is 136 cm³/mol. The Bertz CT molecular complexity index is 1390. The van der Waals surface area contributed by atoms with Crippen molar-refractivity contribution < 1.29 is 22.4 Å². The molecule has 1 atom stereocenters. The van der Waals surface area contributed by atoms with Crippen molar-refractivity contribution in [3.8, 4) is 11.1 Å². The summed E-state index contributed by atoms with van der Waals surface area (Å²) in [5.74, 6) is -0.401. The van der Waals surface area contributed by atoms with Crippen molar-refractivity contribution in [1.82, 2.24) is 15.2 Å². The summed E-state index contributed by atoms with van der Waals surface area (Å²) < 4.78 is 55.1. The minimum absolute atomic E-state index is 0.0454. The normalized spacial score (nSPS) is 16.6. The maximum Gasteiger partial charge on any atom is 0.433 e. The van der Waals surface area contributed by atoms with E-state index in [2.05, 4.69) is 10.3 Å². The van der Waals surface area contributed by atoms with Gasteiger partial charge in [-0.3, -0.25) is 15.2 Å². The largest absolute Gasteiger partial charge is 0.433 e. The molecule has 1 amide bonds. The van der Waals surface area contributed by atoms with Crippen LogP contribution in [0.25, 0.3) is 11.1 Å². The van der Waals surface area contributed by atoms with E-state index >= 15 is 0 Å². The zero-order chi connectivity index (χ0) is 27.0. The molecule has 10 heteroatoms. The highest BCUT2D eigenvalue weighted by Gasteiger charge is 2.36. The van der Waals surface area contributed by atoms with Gasteiger partial charge in [0, 0.05) is 36.8 Å². The number of amidine groups is 1. The summed E-state index contributed by atoms with van der Waals surface area (Å²) >= 11 is 5.98. The fourth-order valence-corrected chi connectivity index (χ4v) is 5.08. The fraction of sp³-hybridized carbons (Fsp3) is 0.321. The minimum atomic E-state index is -4.68. The third-order valence-corrected chi connectivity index (χ3v) is 7.21. The maximum absolute atomic E-state index is 13.8. The molecule has 2 fully saturated rings. The Morgan fingerprint density at radius 3 is 2.63 bits per heavy atom. The quantitative estimate of drug-likeness (QED) is 0.314. The fourth-order valence-electron chi connectivity index (χ4n) is 4.89. The van der Waals surface area contributed by atoms with E-state index in [0.717, 1.165) is 25.5 Å². The number of halogens is 5. The number of likely N-dealkylation sites (tertiary alicyclic amines) is 1. The van der Waals surface area contributed by atoms with E-state index in [1.807, 2.05) is 4.90 Å². The van der Waals surface area contributed by atoms with Crippen LogP contribution in [0.4, 0.5) is 17.6 Å². The highest BCUT2D eigenvalue weighted by atomic mass is 35.5. The smallest absolute Gasteiger partial charge is 0.356 e. The first-order chi connectivity index (χ1) is 18.1. The Labute approximate surface area is 222 Å². The molecule has 2 aromatic carbocycles. The molecule has 0 spiro atoms. The van der Waals surface area contributed by atoms with Crippen LogP contribution in [0, 0.1) is 17.1 Å². The van der Waals surface area contributed by atoms with Crippen LogP contribution in [0.15, 0.2) is 54.7 Å². The number of pyridine rings is 1. The number of aromatic nitrogens is 1. The second-order valence-corrected chi connectivity index (χ2v) is 10.2. The average Bonchev–Trinajstić information content (AvgIpc) is 3.65. The molecule has 3 aromatic rings. The summed E-state index contributed by atoms with van der Waals surface area (Å²) in [6, 6.07) is 11.4. The first-order valence-electron chi connectivity index (χ1n) is 12.3. The minimum Gasteiger partial charge on any atom is -0.356 e. The van der Waals surface area contributed by atoms with Gasteiger partial charge in [0.05, 0.1) is 16.9 Å². The van der Waals surface area contributed by atoms with Crippen molar-refractivity contribution in [2.24, 2.45) is 5.92 Å². The molecule has 1 aromatic heterocycles. The molecule has 0 bridgehead atoms. The highest BCUT2D eigenvalue weighted by Crippen LogP contribution is 2.42. The van der Waals surface area contributed by atoms with E-state index < -0.39 is 29.6 Å². The number of hydrogen-bond acceptors (Lipinski definition) is 3. The molecular weight excluding hydrogens is 520 g/mol. The molecule has 1 unspecified atom stereocenters. The van der Waals surface area contributed by atoms with Crippen molar-refractivity contribution in [2.75, 3.05) is 6.54 Å². The van der Waals surface area contributed by atoms with Crippen LogP contribution < -0.4 is 5.32 Å². The summed E-state index contributed by atoms with van der Waals surface area (Å²) in [7, 11) is 0. The van der Waals surface area contributed by atoms with E-state index in [9.17, 15) is 22.4 Å². The number of alkyl halides is 3. The molecule has 1 aliphatic carbocycles. The molecule has 5 nitrogen and oxygen atoms in total. The molecular formula is C28H25ClF4N4O. The van der Waals surface area contributed by atoms with Crippen LogP contribution >= 0.6 is 11.6 Å². The second-order valence-electron chi connectivity index (χ2n) is 9.75. The maximum atomic E-state index is 13.8. The summed E-state index contributed by atoms with van der Waals surface area (Å²) in [6.45, 7) is 0.967. The molecule has 1 saturated heterocycles. The lowest BCUT2D eigenvalue weighted by atomic mass is 9.96. The van der Waals surface area contributed by atoms with E-state index in [1.54, 1.807) is 18.2 Å². The van der Waals surface area contributed by atoms with Gasteiger partial charge in [0.15, 0.2) is 5.69 Å². The van der Waals surface area contributed by atoms with E-state index in [-0.39, 0.29) is 27.6 Å². The average molecular weight is 545 g/mol. The Balaban J connectivity index is 1.52.